The third kappa shape index (κ3) is 4.36. The predicted octanol–water partition coefficient (Wildman–Crippen LogP) is 2.52. The Morgan fingerprint density at radius 1 is 1.35 bits per heavy atom. The number of carboxylic acids is 1. The van der Waals surface area contributed by atoms with Gasteiger partial charge in [0.05, 0.1) is 0 Å². The van der Waals surface area contributed by atoms with Gasteiger partial charge in [0.2, 0.25) is 5.91 Å². The summed E-state index contributed by atoms with van der Waals surface area (Å²) in [7, 11) is 0. The van der Waals surface area contributed by atoms with Crippen molar-refractivity contribution in [3.8, 4) is 0 Å². The van der Waals surface area contributed by atoms with E-state index in [9.17, 15) is 14.7 Å². The van der Waals surface area contributed by atoms with Crippen molar-refractivity contribution >= 4 is 11.9 Å². The van der Waals surface area contributed by atoms with E-state index in [0.29, 0.717) is 18.9 Å². The van der Waals surface area contributed by atoms with Crippen molar-refractivity contribution < 1.29 is 14.7 Å². The molecule has 4 heteroatoms. The third-order valence-electron chi connectivity index (χ3n) is 3.09. The summed E-state index contributed by atoms with van der Waals surface area (Å²) < 4.78 is 0. The summed E-state index contributed by atoms with van der Waals surface area (Å²) in [5, 5.41) is 9.40. The van der Waals surface area contributed by atoms with Crippen molar-refractivity contribution in [1.82, 2.24) is 4.90 Å². The summed E-state index contributed by atoms with van der Waals surface area (Å²) in [6.07, 6.45) is 2.07. The van der Waals surface area contributed by atoms with Gasteiger partial charge in [-0.3, -0.25) is 4.79 Å². The minimum atomic E-state index is -1.08. The molecule has 1 atom stereocenters. The molecule has 0 saturated heterocycles. The van der Waals surface area contributed by atoms with Gasteiger partial charge in [-0.15, -0.1) is 0 Å². The first-order chi connectivity index (χ1) is 7.75. The molecule has 17 heavy (non-hydrogen) atoms. The summed E-state index contributed by atoms with van der Waals surface area (Å²) in [4.78, 5) is 24.5. The van der Waals surface area contributed by atoms with Crippen molar-refractivity contribution in [3.05, 3.63) is 0 Å². The van der Waals surface area contributed by atoms with E-state index in [1.165, 1.54) is 11.8 Å². The van der Waals surface area contributed by atoms with Crippen LogP contribution in [0.3, 0.4) is 0 Å². The lowest BCUT2D eigenvalue weighted by Gasteiger charge is -2.37. The number of aliphatic carboxylic acids is 1. The molecule has 0 saturated carbocycles. The molecule has 100 valence electrons. The molecule has 4 nitrogen and oxygen atoms in total. The highest BCUT2D eigenvalue weighted by Crippen LogP contribution is 2.24. The number of hydrogen-bond acceptors (Lipinski definition) is 2. The molecule has 0 fully saturated rings. The van der Waals surface area contributed by atoms with Gasteiger partial charge in [-0.05, 0) is 32.1 Å². The van der Waals surface area contributed by atoms with Crippen molar-refractivity contribution in [3.63, 3.8) is 0 Å². The van der Waals surface area contributed by atoms with Gasteiger partial charge in [-0.2, -0.15) is 0 Å². The topological polar surface area (TPSA) is 57.6 Å². The Labute approximate surface area is 104 Å². The molecule has 0 aliphatic rings. The highest BCUT2D eigenvalue weighted by Gasteiger charge is 2.40. The van der Waals surface area contributed by atoms with E-state index in [0.717, 1.165) is 12.8 Å². The number of amides is 1. The summed E-state index contributed by atoms with van der Waals surface area (Å²) >= 11 is 0. The van der Waals surface area contributed by atoms with E-state index in [1.807, 2.05) is 6.92 Å². The second-order valence-electron chi connectivity index (χ2n) is 5.18. The molecule has 0 spiro atoms. The fourth-order valence-electron chi connectivity index (χ4n) is 1.90. The summed E-state index contributed by atoms with van der Waals surface area (Å²) in [6, 6.07) is 0. The molecule has 0 aliphatic heterocycles. The van der Waals surface area contributed by atoms with Gasteiger partial charge < -0.3 is 10.0 Å². The lowest BCUT2D eigenvalue weighted by atomic mass is 9.90. The van der Waals surface area contributed by atoms with Crippen molar-refractivity contribution in [2.24, 2.45) is 5.92 Å². The van der Waals surface area contributed by atoms with Crippen LogP contribution in [0.15, 0.2) is 0 Å². The Morgan fingerprint density at radius 3 is 2.18 bits per heavy atom. The number of carboxylic acid groups (broad SMARTS) is 1. The number of carbonyl (C=O) groups excluding carboxylic acids is 1. The van der Waals surface area contributed by atoms with Gasteiger partial charge in [0.1, 0.15) is 5.54 Å². The van der Waals surface area contributed by atoms with Crippen molar-refractivity contribution in [2.75, 3.05) is 6.54 Å². The number of hydrogen-bond donors (Lipinski definition) is 1. The second-order valence-corrected chi connectivity index (χ2v) is 5.18. The summed E-state index contributed by atoms with van der Waals surface area (Å²) in [5.41, 5.74) is -1.08. The molecular weight excluding hydrogens is 218 g/mol. The van der Waals surface area contributed by atoms with Crippen LogP contribution in [-0.2, 0) is 9.59 Å². The van der Waals surface area contributed by atoms with E-state index in [-0.39, 0.29) is 5.91 Å². The predicted molar refractivity (Wildman–Crippen MR) is 67.8 cm³/mol. The zero-order chi connectivity index (χ0) is 13.6. The molecule has 0 rings (SSSR count). The van der Waals surface area contributed by atoms with Gasteiger partial charge in [0, 0.05) is 13.5 Å². The monoisotopic (exact) mass is 243 g/mol. The van der Waals surface area contributed by atoms with E-state index in [4.69, 9.17) is 0 Å². The number of carbonyl (C=O) groups is 2. The minimum Gasteiger partial charge on any atom is -0.480 e. The number of rotatable bonds is 7. The second kappa shape index (κ2) is 6.62. The highest BCUT2D eigenvalue weighted by molar-refractivity contribution is 5.85. The van der Waals surface area contributed by atoms with Crippen LogP contribution >= 0.6 is 0 Å². The molecule has 0 heterocycles. The summed E-state index contributed by atoms with van der Waals surface area (Å²) in [5.74, 6) is -0.647. The van der Waals surface area contributed by atoms with Crippen LogP contribution in [0.2, 0.25) is 0 Å². The van der Waals surface area contributed by atoms with Gasteiger partial charge in [0.15, 0.2) is 0 Å². The molecule has 1 amide bonds. The maximum atomic E-state index is 11.6. The average Bonchev–Trinajstić information content (AvgIpc) is 2.21. The van der Waals surface area contributed by atoms with Gasteiger partial charge in [-0.1, -0.05) is 20.8 Å². The van der Waals surface area contributed by atoms with E-state index in [1.54, 1.807) is 6.92 Å². The fourth-order valence-corrected chi connectivity index (χ4v) is 1.90. The zero-order valence-corrected chi connectivity index (χ0v) is 11.6. The van der Waals surface area contributed by atoms with Crippen LogP contribution in [-0.4, -0.2) is 34.0 Å². The Hall–Kier alpha value is -1.06. The van der Waals surface area contributed by atoms with Gasteiger partial charge >= 0.3 is 5.97 Å². The smallest absolute Gasteiger partial charge is 0.329 e. The van der Waals surface area contributed by atoms with Crippen molar-refractivity contribution in [1.29, 1.82) is 0 Å². The first-order valence-electron chi connectivity index (χ1n) is 6.27. The SMILES string of the molecule is CCCN(C(C)=O)C(C)(CCC(C)C)C(=O)O. The zero-order valence-electron chi connectivity index (χ0n) is 11.6. The van der Waals surface area contributed by atoms with Gasteiger partial charge in [-0.25, -0.2) is 4.79 Å². The Balaban J connectivity index is 5.00. The Kier molecular flexibility index (Phi) is 6.21. The highest BCUT2D eigenvalue weighted by atomic mass is 16.4. The quantitative estimate of drug-likeness (QED) is 0.747. The first-order valence-corrected chi connectivity index (χ1v) is 6.27. The van der Waals surface area contributed by atoms with Gasteiger partial charge in [0.25, 0.3) is 0 Å². The van der Waals surface area contributed by atoms with Crippen LogP contribution in [0, 0.1) is 5.92 Å². The van der Waals surface area contributed by atoms with E-state index >= 15 is 0 Å². The molecular formula is C13H25NO3. The maximum absolute atomic E-state index is 11.6. The molecule has 0 aliphatic carbocycles. The molecule has 0 aromatic carbocycles. The van der Waals surface area contributed by atoms with Crippen LogP contribution in [0.4, 0.5) is 0 Å². The molecule has 0 aromatic rings. The summed E-state index contributed by atoms with van der Waals surface area (Å²) in [6.45, 7) is 9.64. The fraction of sp³-hybridized carbons (Fsp3) is 0.846. The third-order valence-corrected chi connectivity index (χ3v) is 3.09. The largest absolute Gasteiger partial charge is 0.480 e. The van der Waals surface area contributed by atoms with E-state index < -0.39 is 11.5 Å². The van der Waals surface area contributed by atoms with Crippen LogP contribution in [0.1, 0.15) is 53.9 Å². The van der Waals surface area contributed by atoms with E-state index in [2.05, 4.69) is 13.8 Å². The lowest BCUT2D eigenvalue weighted by Crippen LogP contribution is -2.54. The average molecular weight is 243 g/mol. The molecule has 0 bridgehead atoms. The Bertz CT molecular complexity index is 276. The van der Waals surface area contributed by atoms with Crippen LogP contribution < -0.4 is 0 Å². The minimum absolute atomic E-state index is 0.166. The maximum Gasteiger partial charge on any atom is 0.329 e. The normalized spacial score (nSPS) is 14.5. The number of nitrogens with zero attached hydrogens (tertiary/aromatic N) is 1. The standard InChI is InChI=1S/C13H25NO3/c1-6-9-14(11(4)15)13(5,12(16)17)8-7-10(2)3/h10H,6-9H2,1-5H3,(H,16,17). The molecule has 0 aromatic heterocycles. The molecule has 1 N–H and O–H groups in total. The first kappa shape index (κ1) is 15.9. The van der Waals surface area contributed by atoms with Crippen molar-refractivity contribution in [2.45, 2.75) is 59.4 Å². The lowest BCUT2D eigenvalue weighted by molar-refractivity contribution is -0.158. The molecule has 0 radical (unpaired) electrons. The van der Waals surface area contributed by atoms with Crippen LogP contribution in [0.25, 0.3) is 0 Å². The van der Waals surface area contributed by atoms with Crippen LogP contribution in [0.5, 0.6) is 0 Å². The molecule has 1 unspecified atom stereocenters. The Morgan fingerprint density at radius 2 is 1.88 bits per heavy atom.